The van der Waals surface area contributed by atoms with Crippen LogP contribution in [0.25, 0.3) is 0 Å². The predicted octanol–water partition coefficient (Wildman–Crippen LogP) is 0.158. The van der Waals surface area contributed by atoms with Crippen molar-refractivity contribution in [2.75, 3.05) is 13.1 Å². The summed E-state index contributed by atoms with van der Waals surface area (Å²) in [6.45, 7) is 5.50. The third-order valence-corrected chi connectivity index (χ3v) is 2.62. The molecule has 0 aromatic rings. The number of nitrogens with two attached hydrogens (primary N) is 1. The first-order valence-electron chi connectivity index (χ1n) is 4.70. The van der Waals surface area contributed by atoms with Gasteiger partial charge in [-0.05, 0) is 20.3 Å². The number of rotatable bonds is 3. The molecule has 4 heteroatoms. The Hall–Kier alpha value is -0.610. The number of β-amino-alcohol motifs (C(OH)–C–C–N with tert-alkyl or cyclic N) is 1. The van der Waals surface area contributed by atoms with Crippen LogP contribution in [0.3, 0.4) is 0 Å². The van der Waals surface area contributed by atoms with Gasteiger partial charge in [0.25, 0.3) is 0 Å². The van der Waals surface area contributed by atoms with Crippen molar-refractivity contribution in [3.8, 4) is 0 Å². The summed E-state index contributed by atoms with van der Waals surface area (Å²) in [4.78, 5) is 2.18. The van der Waals surface area contributed by atoms with Crippen LogP contribution in [0.1, 0.15) is 26.7 Å². The number of likely N-dealkylation sites (tertiary alicyclic amines) is 1. The minimum Gasteiger partial charge on any atom is -0.389 e. The van der Waals surface area contributed by atoms with E-state index in [1.807, 2.05) is 13.8 Å². The normalized spacial score (nSPS) is 31.9. The summed E-state index contributed by atoms with van der Waals surface area (Å²) in [5, 5.41) is 16.9. The summed E-state index contributed by atoms with van der Waals surface area (Å²) in [6, 6.07) is 0.270. The molecule has 0 radical (unpaired) electrons. The van der Waals surface area contributed by atoms with Crippen LogP contribution in [0.2, 0.25) is 0 Å². The molecule has 1 saturated heterocycles. The molecule has 4 N–H and O–H groups in total. The molecule has 1 aliphatic heterocycles. The van der Waals surface area contributed by atoms with Gasteiger partial charge in [0.05, 0.1) is 11.4 Å². The predicted molar refractivity (Wildman–Crippen MR) is 52.8 cm³/mol. The highest BCUT2D eigenvalue weighted by Crippen LogP contribution is 2.22. The van der Waals surface area contributed by atoms with Crippen molar-refractivity contribution in [2.24, 2.45) is 5.73 Å². The second kappa shape index (κ2) is 3.64. The van der Waals surface area contributed by atoms with E-state index >= 15 is 0 Å². The number of amidine groups is 1. The van der Waals surface area contributed by atoms with Crippen LogP contribution in [0, 0.1) is 5.41 Å². The standard InChI is InChI=1S/C9H19N3O/c1-7(5-8(10)11)12-4-3-9(2,13)6-12/h7,13H,3-6H2,1-2H3,(H3,10,11). The van der Waals surface area contributed by atoms with Gasteiger partial charge in [-0.15, -0.1) is 0 Å². The Morgan fingerprint density at radius 2 is 2.38 bits per heavy atom. The van der Waals surface area contributed by atoms with Crippen LogP contribution in [0.15, 0.2) is 0 Å². The summed E-state index contributed by atoms with van der Waals surface area (Å²) < 4.78 is 0. The third-order valence-electron chi connectivity index (χ3n) is 2.62. The molecule has 0 aromatic heterocycles. The number of hydrogen-bond acceptors (Lipinski definition) is 3. The lowest BCUT2D eigenvalue weighted by Gasteiger charge is -2.24. The monoisotopic (exact) mass is 185 g/mol. The van der Waals surface area contributed by atoms with Crippen LogP contribution >= 0.6 is 0 Å². The quantitative estimate of drug-likeness (QED) is 0.433. The lowest BCUT2D eigenvalue weighted by molar-refractivity contribution is 0.0638. The van der Waals surface area contributed by atoms with Gasteiger partial charge in [0.15, 0.2) is 0 Å². The van der Waals surface area contributed by atoms with E-state index in [0.29, 0.717) is 13.0 Å². The van der Waals surface area contributed by atoms with Gasteiger partial charge in [-0.3, -0.25) is 10.3 Å². The molecule has 1 aliphatic rings. The van der Waals surface area contributed by atoms with E-state index in [0.717, 1.165) is 13.0 Å². The molecule has 13 heavy (non-hydrogen) atoms. The Labute approximate surface area is 79.2 Å². The van der Waals surface area contributed by atoms with Crippen LogP contribution in [0.5, 0.6) is 0 Å². The molecule has 0 aliphatic carbocycles. The van der Waals surface area contributed by atoms with Crippen molar-refractivity contribution >= 4 is 5.84 Å². The topological polar surface area (TPSA) is 73.3 Å². The van der Waals surface area contributed by atoms with Crippen molar-refractivity contribution < 1.29 is 5.11 Å². The highest BCUT2D eigenvalue weighted by molar-refractivity contribution is 5.77. The molecule has 76 valence electrons. The second-order valence-corrected chi connectivity index (χ2v) is 4.30. The van der Waals surface area contributed by atoms with Crippen LogP contribution in [-0.2, 0) is 0 Å². The van der Waals surface area contributed by atoms with E-state index in [1.165, 1.54) is 0 Å². The Balaban J connectivity index is 2.42. The van der Waals surface area contributed by atoms with Gasteiger partial charge in [-0.2, -0.15) is 0 Å². The van der Waals surface area contributed by atoms with Crippen LogP contribution in [0.4, 0.5) is 0 Å². The summed E-state index contributed by atoms with van der Waals surface area (Å²) >= 11 is 0. The fourth-order valence-corrected chi connectivity index (χ4v) is 1.80. The fourth-order valence-electron chi connectivity index (χ4n) is 1.80. The molecule has 1 fully saturated rings. The molecule has 0 amide bonds. The first-order chi connectivity index (χ1) is 5.91. The zero-order valence-corrected chi connectivity index (χ0v) is 8.38. The van der Waals surface area contributed by atoms with Gasteiger partial charge in [-0.25, -0.2) is 0 Å². The van der Waals surface area contributed by atoms with Crippen molar-refractivity contribution in [3.63, 3.8) is 0 Å². The number of nitrogens with one attached hydrogen (secondary N) is 1. The zero-order chi connectivity index (χ0) is 10.1. The molecule has 1 heterocycles. The lowest BCUT2D eigenvalue weighted by Crippen LogP contribution is -2.37. The molecular weight excluding hydrogens is 166 g/mol. The zero-order valence-electron chi connectivity index (χ0n) is 8.38. The molecule has 1 rings (SSSR count). The molecule has 0 spiro atoms. The fraction of sp³-hybridized carbons (Fsp3) is 0.889. The van der Waals surface area contributed by atoms with E-state index in [4.69, 9.17) is 11.1 Å². The minimum atomic E-state index is -0.551. The Morgan fingerprint density at radius 1 is 1.77 bits per heavy atom. The maximum Gasteiger partial charge on any atom is 0.0920 e. The molecule has 0 bridgehead atoms. The minimum absolute atomic E-state index is 0.221. The van der Waals surface area contributed by atoms with Gasteiger partial charge in [0.2, 0.25) is 0 Å². The number of aliphatic hydroxyl groups is 1. The molecule has 2 atom stereocenters. The average Bonchev–Trinajstić information content (AvgIpc) is 2.28. The summed E-state index contributed by atoms with van der Waals surface area (Å²) in [7, 11) is 0. The average molecular weight is 185 g/mol. The molecule has 2 unspecified atom stereocenters. The highest BCUT2D eigenvalue weighted by Gasteiger charge is 2.33. The Kier molecular flexibility index (Phi) is 2.93. The van der Waals surface area contributed by atoms with Crippen molar-refractivity contribution in [3.05, 3.63) is 0 Å². The van der Waals surface area contributed by atoms with Gasteiger partial charge >= 0.3 is 0 Å². The van der Waals surface area contributed by atoms with E-state index in [-0.39, 0.29) is 11.9 Å². The maximum absolute atomic E-state index is 9.72. The Morgan fingerprint density at radius 3 is 2.77 bits per heavy atom. The number of hydrogen-bond donors (Lipinski definition) is 3. The first-order valence-corrected chi connectivity index (χ1v) is 4.70. The summed E-state index contributed by atoms with van der Waals surface area (Å²) in [5.41, 5.74) is 4.77. The third kappa shape index (κ3) is 2.97. The Bertz CT molecular complexity index is 203. The van der Waals surface area contributed by atoms with Crippen LogP contribution < -0.4 is 5.73 Å². The van der Waals surface area contributed by atoms with Crippen molar-refractivity contribution in [2.45, 2.75) is 38.3 Å². The van der Waals surface area contributed by atoms with Gasteiger partial charge < -0.3 is 10.8 Å². The first kappa shape index (κ1) is 10.5. The van der Waals surface area contributed by atoms with Crippen molar-refractivity contribution in [1.82, 2.24) is 4.90 Å². The van der Waals surface area contributed by atoms with Gasteiger partial charge in [-0.1, -0.05) is 0 Å². The van der Waals surface area contributed by atoms with E-state index in [1.54, 1.807) is 0 Å². The van der Waals surface area contributed by atoms with Crippen LogP contribution in [-0.4, -0.2) is 40.6 Å². The summed E-state index contributed by atoms with van der Waals surface area (Å²) in [6.07, 6.45) is 1.41. The highest BCUT2D eigenvalue weighted by atomic mass is 16.3. The second-order valence-electron chi connectivity index (χ2n) is 4.30. The van der Waals surface area contributed by atoms with Crippen molar-refractivity contribution in [1.29, 1.82) is 5.41 Å². The maximum atomic E-state index is 9.72. The van der Waals surface area contributed by atoms with Gasteiger partial charge in [0, 0.05) is 25.6 Å². The number of nitrogens with zero attached hydrogens (tertiary/aromatic N) is 1. The largest absolute Gasteiger partial charge is 0.389 e. The smallest absolute Gasteiger partial charge is 0.0920 e. The van der Waals surface area contributed by atoms with Gasteiger partial charge in [0.1, 0.15) is 0 Å². The summed E-state index contributed by atoms with van der Waals surface area (Å²) in [5.74, 6) is 0.221. The van der Waals surface area contributed by atoms with E-state index in [2.05, 4.69) is 4.90 Å². The van der Waals surface area contributed by atoms with E-state index < -0.39 is 5.60 Å². The molecule has 4 nitrogen and oxygen atoms in total. The molecule has 0 aromatic carbocycles. The lowest BCUT2D eigenvalue weighted by atomic mass is 10.1. The van der Waals surface area contributed by atoms with E-state index in [9.17, 15) is 5.11 Å². The molecular formula is C9H19N3O. The SMILES string of the molecule is CC(CC(=N)N)N1CCC(C)(O)C1. The molecule has 0 saturated carbocycles.